The average Bonchev–Trinajstić information content (AvgIpc) is 2.14. The zero-order valence-electron chi connectivity index (χ0n) is 4.65. The summed E-state index contributed by atoms with van der Waals surface area (Å²) in [5, 5.41) is 0. The van der Waals surface area contributed by atoms with Gasteiger partial charge in [0.05, 0.1) is 5.88 Å². The smallest absolute Gasteiger partial charge is 0.136 e. The van der Waals surface area contributed by atoms with Crippen LogP contribution in [0.4, 0.5) is 0 Å². The van der Waals surface area contributed by atoms with Crippen molar-refractivity contribution in [1.82, 2.24) is 10.9 Å². The van der Waals surface area contributed by atoms with Crippen molar-refractivity contribution in [3.63, 3.8) is 0 Å². The third-order valence-corrected chi connectivity index (χ3v) is 1.24. The molecule has 0 aromatic heterocycles. The van der Waals surface area contributed by atoms with Crippen LogP contribution in [0.3, 0.4) is 0 Å². The molecule has 0 bridgehead atoms. The first-order valence-corrected chi connectivity index (χ1v) is 3.09. The molecule has 2 atom stereocenters. The van der Waals surface area contributed by atoms with Crippen LogP contribution in [0.5, 0.6) is 0 Å². The van der Waals surface area contributed by atoms with Gasteiger partial charge in [-0.25, -0.2) is 10.9 Å². The molecule has 1 heterocycles. The molecule has 0 unspecified atom stereocenters. The maximum atomic E-state index is 5.45. The third kappa shape index (κ3) is 1.32. The van der Waals surface area contributed by atoms with Gasteiger partial charge in [-0.2, -0.15) is 0 Å². The van der Waals surface area contributed by atoms with Crippen LogP contribution in [0.15, 0.2) is 0 Å². The zero-order chi connectivity index (χ0) is 5.98. The van der Waals surface area contributed by atoms with Gasteiger partial charge in [0.1, 0.15) is 12.5 Å². The number of rotatable bonds is 1. The van der Waals surface area contributed by atoms with E-state index >= 15 is 0 Å². The van der Waals surface area contributed by atoms with Crippen LogP contribution in [-0.2, 0) is 4.74 Å². The first-order valence-electron chi connectivity index (χ1n) is 2.55. The summed E-state index contributed by atoms with van der Waals surface area (Å²) < 4.78 is 5.16. The summed E-state index contributed by atoms with van der Waals surface area (Å²) in [6.45, 7) is 1.92. The minimum Gasteiger partial charge on any atom is -0.342 e. The highest BCUT2D eigenvalue weighted by Gasteiger charge is 2.17. The summed E-state index contributed by atoms with van der Waals surface area (Å²) in [7, 11) is 0. The highest BCUT2D eigenvalue weighted by atomic mass is 35.5. The largest absolute Gasteiger partial charge is 0.342 e. The number of halogens is 1. The van der Waals surface area contributed by atoms with Crippen LogP contribution in [0.25, 0.3) is 0 Å². The van der Waals surface area contributed by atoms with Gasteiger partial charge in [-0.1, -0.05) is 0 Å². The Morgan fingerprint density at radius 1 is 1.62 bits per heavy atom. The van der Waals surface area contributed by atoms with Crippen molar-refractivity contribution in [2.45, 2.75) is 19.4 Å². The maximum Gasteiger partial charge on any atom is 0.136 e. The fourth-order valence-electron chi connectivity index (χ4n) is 0.600. The number of nitrogens with one attached hydrogen (secondary N) is 2. The van der Waals surface area contributed by atoms with Crippen LogP contribution >= 0.6 is 11.6 Å². The van der Waals surface area contributed by atoms with Gasteiger partial charge in [-0.15, -0.1) is 11.6 Å². The first-order chi connectivity index (χ1) is 3.83. The van der Waals surface area contributed by atoms with Gasteiger partial charge in [-0.05, 0) is 6.92 Å². The second kappa shape index (κ2) is 2.64. The predicted molar refractivity (Wildman–Crippen MR) is 31.3 cm³/mol. The van der Waals surface area contributed by atoms with Crippen LogP contribution in [0, 0.1) is 0 Å². The number of alkyl halides is 1. The summed E-state index contributed by atoms with van der Waals surface area (Å²) in [5.74, 6) is 0.483. The Bertz CT molecular complexity index is 80.4. The maximum absolute atomic E-state index is 5.45. The Labute approximate surface area is 53.3 Å². The lowest BCUT2D eigenvalue weighted by molar-refractivity contribution is 0.0595. The molecule has 0 saturated carbocycles. The number of hydrogen-bond donors (Lipinski definition) is 2. The molecule has 4 heteroatoms. The van der Waals surface area contributed by atoms with Crippen molar-refractivity contribution in [3.8, 4) is 0 Å². The van der Waals surface area contributed by atoms with Gasteiger partial charge in [0.2, 0.25) is 0 Å². The molecule has 0 radical (unpaired) electrons. The van der Waals surface area contributed by atoms with Crippen LogP contribution in [0.1, 0.15) is 6.92 Å². The first kappa shape index (κ1) is 6.29. The van der Waals surface area contributed by atoms with Crippen molar-refractivity contribution in [3.05, 3.63) is 0 Å². The molecule has 1 saturated heterocycles. The summed E-state index contributed by atoms with van der Waals surface area (Å²) in [5.41, 5.74) is 5.72. The van der Waals surface area contributed by atoms with Crippen molar-refractivity contribution in [2.75, 3.05) is 5.88 Å². The molecule has 2 N–H and O–H groups in total. The SMILES string of the molecule is C[C@@H]1NN[C@H](CCl)O1. The van der Waals surface area contributed by atoms with Crippen molar-refractivity contribution >= 4 is 11.6 Å². The molecule has 0 spiro atoms. The van der Waals surface area contributed by atoms with E-state index in [1.54, 1.807) is 0 Å². The molecule has 0 amide bonds. The fourth-order valence-corrected chi connectivity index (χ4v) is 0.750. The van der Waals surface area contributed by atoms with Gasteiger partial charge in [0.25, 0.3) is 0 Å². The third-order valence-electron chi connectivity index (χ3n) is 0.956. The Hall–Kier alpha value is 0.170. The molecule has 3 nitrogen and oxygen atoms in total. The molecule has 48 valence electrons. The molecule has 1 fully saturated rings. The van der Waals surface area contributed by atoms with E-state index in [0.717, 1.165) is 0 Å². The number of hydrazine groups is 1. The van der Waals surface area contributed by atoms with E-state index in [9.17, 15) is 0 Å². The lowest BCUT2D eigenvalue weighted by atomic mass is 10.7. The van der Waals surface area contributed by atoms with E-state index < -0.39 is 0 Å². The van der Waals surface area contributed by atoms with Gasteiger partial charge in [0.15, 0.2) is 0 Å². The standard InChI is InChI=1S/C4H9ClN2O/c1-3-6-7-4(2-5)8-3/h3-4,6-7H,2H2,1H3/t3-,4+/m1/s1. The monoisotopic (exact) mass is 136 g/mol. The second-order valence-electron chi connectivity index (χ2n) is 1.71. The van der Waals surface area contributed by atoms with Gasteiger partial charge < -0.3 is 4.74 Å². The molecule has 1 rings (SSSR count). The molecule has 8 heavy (non-hydrogen) atoms. The fraction of sp³-hybridized carbons (Fsp3) is 1.00. The molecule has 0 aliphatic carbocycles. The van der Waals surface area contributed by atoms with E-state index in [2.05, 4.69) is 10.9 Å². The van der Waals surface area contributed by atoms with Crippen molar-refractivity contribution < 1.29 is 4.74 Å². The van der Waals surface area contributed by atoms with E-state index in [4.69, 9.17) is 16.3 Å². The Morgan fingerprint density at radius 2 is 2.38 bits per heavy atom. The van der Waals surface area contributed by atoms with Crippen LogP contribution < -0.4 is 10.9 Å². The average molecular weight is 137 g/mol. The van der Waals surface area contributed by atoms with E-state index in [1.807, 2.05) is 6.92 Å². The lowest BCUT2D eigenvalue weighted by Gasteiger charge is -2.01. The molecular formula is C4H9ClN2O. The topological polar surface area (TPSA) is 33.3 Å². The highest BCUT2D eigenvalue weighted by molar-refractivity contribution is 6.18. The predicted octanol–water partition coefficient (Wildman–Crippen LogP) is 0.0217. The lowest BCUT2D eigenvalue weighted by Crippen LogP contribution is -2.32. The molecule has 1 aliphatic rings. The summed E-state index contributed by atoms with van der Waals surface area (Å²) >= 11 is 5.45. The van der Waals surface area contributed by atoms with Crippen LogP contribution in [-0.4, -0.2) is 18.3 Å². The van der Waals surface area contributed by atoms with Crippen molar-refractivity contribution in [2.24, 2.45) is 0 Å². The minimum absolute atomic E-state index is 0.0216. The second-order valence-corrected chi connectivity index (χ2v) is 2.02. The number of hydrogen-bond acceptors (Lipinski definition) is 3. The quantitative estimate of drug-likeness (QED) is 0.499. The van der Waals surface area contributed by atoms with Crippen LogP contribution in [0.2, 0.25) is 0 Å². The van der Waals surface area contributed by atoms with Gasteiger partial charge in [-0.3, -0.25) is 0 Å². The van der Waals surface area contributed by atoms with Gasteiger partial charge in [0, 0.05) is 0 Å². The molecule has 0 aromatic rings. The highest BCUT2D eigenvalue weighted by Crippen LogP contribution is 1.99. The molecule has 1 aliphatic heterocycles. The summed E-state index contributed by atoms with van der Waals surface area (Å²) in [6.07, 6.45) is 0.0606. The van der Waals surface area contributed by atoms with Crippen molar-refractivity contribution in [1.29, 1.82) is 0 Å². The Balaban J connectivity index is 2.22. The summed E-state index contributed by atoms with van der Waals surface area (Å²) in [4.78, 5) is 0. The zero-order valence-corrected chi connectivity index (χ0v) is 5.40. The number of ether oxygens (including phenoxy) is 1. The Kier molecular flexibility index (Phi) is 2.08. The van der Waals surface area contributed by atoms with Gasteiger partial charge >= 0.3 is 0 Å². The minimum atomic E-state index is -0.0216. The Morgan fingerprint density at radius 3 is 2.62 bits per heavy atom. The normalized spacial score (nSPS) is 38.2. The van der Waals surface area contributed by atoms with E-state index in [0.29, 0.717) is 5.88 Å². The van der Waals surface area contributed by atoms with E-state index in [-0.39, 0.29) is 12.5 Å². The molecular weight excluding hydrogens is 128 g/mol. The molecule has 0 aromatic carbocycles. The van der Waals surface area contributed by atoms with E-state index in [1.165, 1.54) is 0 Å². The summed E-state index contributed by atoms with van der Waals surface area (Å²) in [6, 6.07) is 0.